The molecular formula is C12H15BrClNOS. The Kier molecular flexibility index (Phi) is 4.50. The molecule has 5 heteroatoms. The number of thiophene rings is 1. The number of carbonyl (C=O) groups excluding carboxylic acids is 1. The van der Waals surface area contributed by atoms with Crippen molar-refractivity contribution < 1.29 is 4.79 Å². The van der Waals surface area contributed by atoms with E-state index in [0.717, 1.165) is 11.9 Å². The Morgan fingerprint density at radius 3 is 2.71 bits per heavy atom. The summed E-state index contributed by atoms with van der Waals surface area (Å²) in [5.74, 6) is -0.00544. The average Bonchev–Trinajstić information content (AvgIpc) is 2.95. The minimum atomic E-state index is -0.00544. The first-order valence-corrected chi connectivity index (χ1v) is 8.06. The van der Waals surface area contributed by atoms with Crippen LogP contribution in [0.2, 0.25) is 4.34 Å². The molecule has 0 bridgehead atoms. The van der Waals surface area contributed by atoms with Gasteiger partial charge in [0.05, 0.1) is 9.21 Å². The number of alkyl halides is 1. The first kappa shape index (κ1) is 13.4. The number of nitrogens with one attached hydrogen (secondary N) is 1. The van der Waals surface area contributed by atoms with Gasteiger partial charge < -0.3 is 5.32 Å². The van der Waals surface area contributed by atoms with E-state index in [1.807, 2.05) is 0 Å². The number of halogens is 2. The molecule has 0 unspecified atom stereocenters. The molecule has 1 aliphatic rings. The molecule has 1 aliphatic carbocycles. The topological polar surface area (TPSA) is 29.1 Å². The molecule has 0 atom stereocenters. The molecule has 1 aromatic rings. The molecule has 17 heavy (non-hydrogen) atoms. The maximum atomic E-state index is 11.9. The van der Waals surface area contributed by atoms with Crippen molar-refractivity contribution in [1.82, 2.24) is 5.32 Å². The Morgan fingerprint density at radius 1 is 1.47 bits per heavy atom. The third-order valence-electron chi connectivity index (χ3n) is 3.37. The van der Waals surface area contributed by atoms with Gasteiger partial charge in [-0.25, -0.2) is 0 Å². The van der Waals surface area contributed by atoms with Gasteiger partial charge in [-0.15, -0.1) is 11.3 Å². The van der Waals surface area contributed by atoms with Crippen molar-refractivity contribution >= 4 is 44.8 Å². The van der Waals surface area contributed by atoms with Crippen LogP contribution in [-0.4, -0.2) is 17.8 Å². The molecule has 0 spiro atoms. The Bertz CT molecular complexity index is 401. The second-order valence-electron chi connectivity index (χ2n) is 4.63. The van der Waals surface area contributed by atoms with Crippen molar-refractivity contribution in [3.63, 3.8) is 0 Å². The second-order valence-corrected chi connectivity index (χ2v) is 6.90. The highest BCUT2D eigenvalue weighted by atomic mass is 79.9. The molecule has 1 N–H and O–H groups in total. The summed E-state index contributed by atoms with van der Waals surface area (Å²) < 4.78 is 0.659. The number of hydrogen-bond donors (Lipinski definition) is 1. The van der Waals surface area contributed by atoms with Crippen molar-refractivity contribution in [1.29, 1.82) is 0 Å². The summed E-state index contributed by atoms with van der Waals surface area (Å²) in [6.07, 6.45) is 4.94. The van der Waals surface area contributed by atoms with Crippen molar-refractivity contribution in [3.8, 4) is 0 Å². The lowest BCUT2D eigenvalue weighted by Gasteiger charge is -2.26. The highest BCUT2D eigenvalue weighted by Gasteiger charge is 2.33. The third-order valence-corrected chi connectivity index (χ3v) is 5.79. The quantitative estimate of drug-likeness (QED) is 0.825. The van der Waals surface area contributed by atoms with Crippen LogP contribution in [0.4, 0.5) is 0 Å². The molecule has 2 nitrogen and oxygen atoms in total. The van der Waals surface area contributed by atoms with Gasteiger partial charge in [0, 0.05) is 11.9 Å². The molecule has 1 heterocycles. The molecule has 0 saturated heterocycles. The minimum absolute atomic E-state index is 0.00544. The Balaban J connectivity index is 1.91. The van der Waals surface area contributed by atoms with Crippen LogP contribution in [0.5, 0.6) is 0 Å². The van der Waals surface area contributed by atoms with Gasteiger partial charge in [-0.05, 0) is 30.4 Å². The Morgan fingerprint density at radius 2 is 2.18 bits per heavy atom. The number of hydrogen-bond acceptors (Lipinski definition) is 2. The molecule has 0 radical (unpaired) electrons. The molecular weight excluding hydrogens is 322 g/mol. The monoisotopic (exact) mass is 335 g/mol. The largest absolute Gasteiger partial charge is 0.351 e. The van der Waals surface area contributed by atoms with Gasteiger partial charge in [0.25, 0.3) is 5.91 Å². The van der Waals surface area contributed by atoms with Crippen LogP contribution in [0.15, 0.2) is 12.1 Å². The fraction of sp³-hybridized carbons (Fsp3) is 0.583. The maximum absolute atomic E-state index is 11.9. The van der Waals surface area contributed by atoms with Crippen molar-refractivity contribution in [2.75, 3.05) is 11.9 Å². The van der Waals surface area contributed by atoms with E-state index >= 15 is 0 Å². The van der Waals surface area contributed by atoms with E-state index in [2.05, 4.69) is 21.2 Å². The first-order valence-electron chi connectivity index (χ1n) is 5.75. The smallest absolute Gasteiger partial charge is 0.261 e. The van der Waals surface area contributed by atoms with E-state index in [9.17, 15) is 4.79 Å². The summed E-state index contributed by atoms with van der Waals surface area (Å²) in [5, 5.41) is 3.99. The average molecular weight is 337 g/mol. The highest BCUT2D eigenvalue weighted by molar-refractivity contribution is 9.09. The zero-order chi connectivity index (χ0) is 12.3. The Labute approximate surface area is 119 Å². The third kappa shape index (κ3) is 3.24. The molecule has 94 valence electrons. The van der Waals surface area contributed by atoms with Crippen LogP contribution in [0.25, 0.3) is 0 Å². The molecule has 0 aromatic carbocycles. The van der Waals surface area contributed by atoms with Gasteiger partial charge in [-0.2, -0.15) is 0 Å². The zero-order valence-electron chi connectivity index (χ0n) is 9.47. The summed E-state index contributed by atoms with van der Waals surface area (Å²) in [5.41, 5.74) is 0.261. The number of carbonyl (C=O) groups is 1. The molecule has 1 saturated carbocycles. The summed E-state index contributed by atoms with van der Waals surface area (Å²) in [6.45, 7) is 0.757. The summed E-state index contributed by atoms with van der Waals surface area (Å²) in [6, 6.07) is 3.54. The molecule has 0 aliphatic heterocycles. The lowest BCUT2D eigenvalue weighted by Crippen LogP contribution is -2.36. The van der Waals surface area contributed by atoms with Crippen LogP contribution < -0.4 is 5.32 Å². The van der Waals surface area contributed by atoms with Gasteiger partial charge in [0.2, 0.25) is 0 Å². The van der Waals surface area contributed by atoms with Crippen molar-refractivity contribution in [2.24, 2.45) is 5.41 Å². The summed E-state index contributed by atoms with van der Waals surface area (Å²) >= 11 is 10.7. The Hall–Kier alpha value is -0.0600. The van der Waals surface area contributed by atoms with E-state index in [0.29, 0.717) is 9.21 Å². The summed E-state index contributed by atoms with van der Waals surface area (Å²) in [4.78, 5) is 12.6. The van der Waals surface area contributed by atoms with Crippen LogP contribution in [0.3, 0.4) is 0 Å². The van der Waals surface area contributed by atoms with E-state index < -0.39 is 0 Å². The SMILES string of the molecule is O=C(NCC1(CBr)CCCC1)c1ccc(Cl)s1. The van der Waals surface area contributed by atoms with Gasteiger partial charge in [0.15, 0.2) is 0 Å². The lowest BCUT2D eigenvalue weighted by atomic mass is 9.89. The van der Waals surface area contributed by atoms with E-state index in [4.69, 9.17) is 11.6 Å². The first-order chi connectivity index (χ1) is 8.15. The maximum Gasteiger partial charge on any atom is 0.261 e. The fourth-order valence-corrected chi connectivity index (χ4v) is 3.99. The second kappa shape index (κ2) is 5.72. The van der Waals surface area contributed by atoms with Crippen molar-refractivity contribution in [3.05, 3.63) is 21.3 Å². The molecule has 1 amide bonds. The predicted octanol–water partition coefficient (Wildman–Crippen LogP) is 4.09. The zero-order valence-corrected chi connectivity index (χ0v) is 12.6. The van der Waals surface area contributed by atoms with Gasteiger partial charge in [-0.3, -0.25) is 4.79 Å². The summed E-state index contributed by atoms with van der Waals surface area (Å²) in [7, 11) is 0. The minimum Gasteiger partial charge on any atom is -0.351 e. The van der Waals surface area contributed by atoms with Gasteiger partial charge in [-0.1, -0.05) is 40.4 Å². The molecule has 2 rings (SSSR count). The van der Waals surface area contributed by atoms with Crippen LogP contribution in [0.1, 0.15) is 35.4 Å². The standard InChI is InChI=1S/C12H15BrClNOS/c13-7-12(5-1-2-6-12)8-15-11(16)9-3-4-10(14)17-9/h3-4H,1-2,5-8H2,(H,15,16). The fourth-order valence-electron chi connectivity index (χ4n) is 2.27. The van der Waals surface area contributed by atoms with Crippen LogP contribution in [-0.2, 0) is 0 Å². The number of rotatable bonds is 4. The normalized spacial score (nSPS) is 18.2. The van der Waals surface area contributed by atoms with Crippen LogP contribution >= 0.6 is 38.9 Å². The van der Waals surface area contributed by atoms with E-state index in [1.54, 1.807) is 12.1 Å². The lowest BCUT2D eigenvalue weighted by molar-refractivity contribution is 0.0939. The van der Waals surface area contributed by atoms with Gasteiger partial charge >= 0.3 is 0 Å². The van der Waals surface area contributed by atoms with E-state index in [-0.39, 0.29) is 11.3 Å². The number of amides is 1. The van der Waals surface area contributed by atoms with Crippen molar-refractivity contribution in [2.45, 2.75) is 25.7 Å². The molecule has 1 aromatic heterocycles. The highest BCUT2D eigenvalue weighted by Crippen LogP contribution is 2.39. The van der Waals surface area contributed by atoms with Crippen LogP contribution in [0, 0.1) is 5.41 Å². The molecule has 1 fully saturated rings. The van der Waals surface area contributed by atoms with Gasteiger partial charge in [0.1, 0.15) is 0 Å². The predicted molar refractivity (Wildman–Crippen MR) is 76.4 cm³/mol. The van der Waals surface area contributed by atoms with E-state index in [1.165, 1.54) is 37.0 Å².